The largest absolute Gasteiger partial charge is 0.393 e. The summed E-state index contributed by atoms with van der Waals surface area (Å²) in [5.74, 6) is -0.399. The van der Waals surface area contributed by atoms with Crippen molar-refractivity contribution in [3.63, 3.8) is 0 Å². The average Bonchev–Trinajstić information content (AvgIpc) is 3.16. The SMILES string of the molecule is CC(C)CC(C#N)NC(=O)C1CCCCC1NC(=O)c1cc2ccccc2n1CCC(C)O. The zero-order chi connectivity index (χ0) is 24.0. The Morgan fingerprint density at radius 2 is 1.94 bits per heavy atom. The standard InChI is InChI=1S/C26H36N4O3/c1-17(2)14-20(16-27)28-25(32)21-9-5-6-10-22(21)29-26(33)24-15-19-8-4-7-11-23(19)30(24)13-12-18(3)31/h4,7-8,11,15,17-18,20-22,31H,5-6,9-10,12-14H2,1-3H3,(H,28,32)(H,29,33). The summed E-state index contributed by atoms with van der Waals surface area (Å²) in [6.45, 7) is 6.32. The number of para-hydroxylation sites is 1. The third-order valence-corrected chi connectivity index (χ3v) is 6.41. The number of hydrogen-bond donors (Lipinski definition) is 3. The molecule has 0 spiro atoms. The number of amides is 2. The zero-order valence-electron chi connectivity index (χ0n) is 19.9. The molecule has 1 aromatic heterocycles. The van der Waals surface area contributed by atoms with Crippen LogP contribution in [-0.2, 0) is 11.3 Å². The Morgan fingerprint density at radius 3 is 2.64 bits per heavy atom. The lowest BCUT2D eigenvalue weighted by molar-refractivity contribution is -0.127. The van der Waals surface area contributed by atoms with E-state index in [0.717, 1.165) is 30.2 Å². The number of hydrogen-bond acceptors (Lipinski definition) is 4. The fraction of sp³-hybridized carbons (Fsp3) is 0.577. The molecule has 3 rings (SSSR count). The van der Waals surface area contributed by atoms with E-state index in [1.165, 1.54) is 0 Å². The van der Waals surface area contributed by atoms with Crippen LogP contribution in [0.2, 0.25) is 0 Å². The first-order valence-electron chi connectivity index (χ1n) is 12.1. The Hall–Kier alpha value is -2.85. The molecule has 178 valence electrons. The van der Waals surface area contributed by atoms with Crippen LogP contribution in [0.5, 0.6) is 0 Å². The Balaban J connectivity index is 1.78. The number of aliphatic hydroxyl groups is 1. The van der Waals surface area contributed by atoms with E-state index < -0.39 is 12.1 Å². The van der Waals surface area contributed by atoms with Crippen molar-refractivity contribution in [2.75, 3.05) is 0 Å². The fourth-order valence-electron chi connectivity index (χ4n) is 4.71. The first kappa shape index (κ1) is 24.8. The summed E-state index contributed by atoms with van der Waals surface area (Å²) < 4.78 is 1.95. The van der Waals surface area contributed by atoms with Crippen molar-refractivity contribution in [2.45, 2.75) is 84.0 Å². The van der Waals surface area contributed by atoms with Gasteiger partial charge in [0.2, 0.25) is 5.91 Å². The van der Waals surface area contributed by atoms with Crippen molar-refractivity contribution < 1.29 is 14.7 Å². The van der Waals surface area contributed by atoms with Gasteiger partial charge in [-0.05, 0) is 50.7 Å². The van der Waals surface area contributed by atoms with Gasteiger partial charge in [0.1, 0.15) is 11.7 Å². The van der Waals surface area contributed by atoms with Crippen molar-refractivity contribution in [3.8, 4) is 6.07 Å². The van der Waals surface area contributed by atoms with Crippen molar-refractivity contribution in [2.24, 2.45) is 11.8 Å². The van der Waals surface area contributed by atoms with Gasteiger partial charge >= 0.3 is 0 Å². The van der Waals surface area contributed by atoms with Crippen molar-refractivity contribution in [1.29, 1.82) is 5.26 Å². The highest BCUT2D eigenvalue weighted by atomic mass is 16.3. The summed E-state index contributed by atoms with van der Waals surface area (Å²) in [5, 5.41) is 26.2. The van der Waals surface area contributed by atoms with Crippen LogP contribution < -0.4 is 10.6 Å². The molecular weight excluding hydrogens is 416 g/mol. The minimum atomic E-state index is -0.515. The van der Waals surface area contributed by atoms with Gasteiger partial charge in [-0.3, -0.25) is 9.59 Å². The van der Waals surface area contributed by atoms with E-state index in [-0.39, 0.29) is 23.8 Å². The maximum atomic E-state index is 13.4. The van der Waals surface area contributed by atoms with E-state index in [0.29, 0.717) is 37.4 Å². The minimum Gasteiger partial charge on any atom is -0.393 e. The summed E-state index contributed by atoms with van der Waals surface area (Å²) in [7, 11) is 0. The molecule has 7 nitrogen and oxygen atoms in total. The van der Waals surface area contributed by atoms with Gasteiger partial charge in [-0.25, -0.2) is 0 Å². The Morgan fingerprint density at radius 1 is 1.21 bits per heavy atom. The lowest BCUT2D eigenvalue weighted by Crippen LogP contribution is -2.50. The van der Waals surface area contributed by atoms with Gasteiger partial charge < -0.3 is 20.3 Å². The summed E-state index contributed by atoms with van der Waals surface area (Å²) >= 11 is 0. The third kappa shape index (κ3) is 6.35. The number of aromatic nitrogens is 1. The normalized spacial score (nSPS) is 20.2. The molecule has 3 N–H and O–H groups in total. The molecule has 1 heterocycles. The molecule has 33 heavy (non-hydrogen) atoms. The van der Waals surface area contributed by atoms with Crippen LogP contribution in [0.15, 0.2) is 30.3 Å². The van der Waals surface area contributed by atoms with E-state index in [4.69, 9.17) is 0 Å². The fourth-order valence-corrected chi connectivity index (χ4v) is 4.71. The molecule has 1 aliphatic carbocycles. The molecule has 0 aliphatic heterocycles. The van der Waals surface area contributed by atoms with Gasteiger partial charge in [0, 0.05) is 23.5 Å². The number of carbonyl (C=O) groups is 2. The monoisotopic (exact) mass is 452 g/mol. The summed E-state index contributed by atoms with van der Waals surface area (Å²) in [6.07, 6.45) is 4.00. The number of carbonyl (C=O) groups excluding carboxylic acids is 2. The lowest BCUT2D eigenvalue weighted by atomic mass is 9.83. The molecule has 1 aliphatic rings. The topological polar surface area (TPSA) is 107 Å². The van der Waals surface area contributed by atoms with Crippen LogP contribution in [-0.4, -0.2) is 39.7 Å². The van der Waals surface area contributed by atoms with Gasteiger partial charge in [0.25, 0.3) is 5.91 Å². The summed E-state index contributed by atoms with van der Waals surface area (Å²) in [4.78, 5) is 26.4. The van der Waals surface area contributed by atoms with Crippen LogP contribution in [0, 0.1) is 23.2 Å². The number of nitrogens with zero attached hydrogens (tertiary/aromatic N) is 2. The first-order chi connectivity index (χ1) is 15.8. The number of rotatable bonds is 9. The molecule has 2 amide bonds. The minimum absolute atomic E-state index is 0.151. The van der Waals surface area contributed by atoms with Gasteiger partial charge in [-0.2, -0.15) is 5.26 Å². The number of aliphatic hydroxyl groups excluding tert-OH is 1. The van der Waals surface area contributed by atoms with E-state index in [9.17, 15) is 20.0 Å². The van der Waals surface area contributed by atoms with Crippen LogP contribution in [0.4, 0.5) is 0 Å². The number of nitriles is 1. The smallest absolute Gasteiger partial charge is 0.268 e. The molecule has 1 saturated carbocycles. The van der Waals surface area contributed by atoms with Gasteiger partial charge in [-0.15, -0.1) is 0 Å². The quantitative estimate of drug-likeness (QED) is 0.538. The maximum Gasteiger partial charge on any atom is 0.268 e. The molecular formula is C26H36N4O3. The second kappa shape index (κ2) is 11.3. The van der Waals surface area contributed by atoms with E-state index in [1.54, 1.807) is 6.92 Å². The molecule has 7 heteroatoms. The average molecular weight is 453 g/mol. The van der Waals surface area contributed by atoms with Gasteiger partial charge in [0.15, 0.2) is 0 Å². The first-order valence-corrected chi connectivity index (χ1v) is 12.1. The van der Waals surface area contributed by atoms with Crippen LogP contribution in [0.3, 0.4) is 0 Å². The second-order valence-corrected chi connectivity index (χ2v) is 9.67. The number of benzene rings is 1. The van der Waals surface area contributed by atoms with Gasteiger partial charge in [-0.1, -0.05) is 44.9 Å². The van der Waals surface area contributed by atoms with E-state index in [2.05, 4.69) is 16.7 Å². The highest BCUT2D eigenvalue weighted by Crippen LogP contribution is 2.27. The predicted octanol–water partition coefficient (Wildman–Crippen LogP) is 3.76. The zero-order valence-corrected chi connectivity index (χ0v) is 19.9. The van der Waals surface area contributed by atoms with Crippen molar-refractivity contribution in [3.05, 3.63) is 36.0 Å². The van der Waals surface area contributed by atoms with Crippen LogP contribution >= 0.6 is 0 Å². The number of fused-ring (bicyclic) bond motifs is 1. The predicted molar refractivity (Wildman–Crippen MR) is 128 cm³/mol. The summed E-state index contributed by atoms with van der Waals surface area (Å²) in [5.41, 5.74) is 1.49. The Kier molecular flexibility index (Phi) is 8.51. The Labute approximate surface area is 196 Å². The third-order valence-electron chi connectivity index (χ3n) is 6.41. The molecule has 1 aromatic carbocycles. The van der Waals surface area contributed by atoms with Crippen molar-refractivity contribution >= 4 is 22.7 Å². The molecule has 4 unspecified atom stereocenters. The molecule has 4 atom stereocenters. The second-order valence-electron chi connectivity index (χ2n) is 9.67. The maximum absolute atomic E-state index is 13.4. The highest BCUT2D eigenvalue weighted by Gasteiger charge is 2.33. The molecule has 1 fully saturated rings. The van der Waals surface area contributed by atoms with Crippen LogP contribution in [0.1, 0.15) is 69.8 Å². The van der Waals surface area contributed by atoms with Crippen molar-refractivity contribution in [1.82, 2.24) is 15.2 Å². The van der Waals surface area contributed by atoms with E-state index in [1.807, 2.05) is 48.7 Å². The summed E-state index contributed by atoms with van der Waals surface area (Å²) in [6, 6.07) is 11.1. The highest BCUT2D eigenvalue weighted by molar-refractivity contribution is 5.99. The number of aryl methyl sites for hydroxylation is 1. The van der Waals surface area contributed by atoms with Gasteiger partial charge in [0.05, 0.1) is 18.1 Å². The molecule has 0 bridgehead atoms. The molecule has 2 aromatic rings. The number of nitrogens with one attached hydrogen (secondary N) is 2. The van der Waals surface area contributed by atoms with Crippen LogP contribution in [0.25, 0.3) is 10.9 Å². The molecule has 0 radical (unpaired) electrons. The molecule has 0 saturated heterocycles. The lowest BCUT2D eigenvalue weighted by Gasteiger charge is -2.32. The van der Waals surface area contributed by atoms with E-state index >= 15 is 0 Å². The Bertz CT molecular complexity index is 1000.